The summed E-state index contributed by atoms with van der Waals surface area (Å²) in [7, 11) is 1.55. The molecule has 0 aliphatic rings. The maximum absolute atomic E-state index is 11.7. The van der Waals surface area contributed by atoms with Crippen LogP contribution in [0, 0.1) is 0 Å². The molecule has 0 fully saturated rings. The molecule has 0 aromatic rings. The van der Waals surface area contributed by atoms with E-state index in [2.05, 4.69) is 5.32 Å². The van der Waals surface area contributed by atoms with Crippen LogP contribution in [0.4, 0.5) is 4.79 Å². The van der Waals surface area contributed by atoms with Crippen LogP contribution in [0.3, 0.4) is 0 Å². The van der Waals surface area contributed by atoms with E-state index in [0.29, 0.717) is 0 Å². The van der Waals surface area contributed by atoms with E-state index in [1.165, 1.54) is 4.90 Å². The molecule has 0 aromatic carbocycles. The number of urea groups is 1. The maximum Gasteiger partial charge on any atom is 0.326 e. The van der Waals surface area contributed by atoms with E-state index in [0.717, 1.165) is 12.8 Å². The molecule has 2 atom stereocenters. The van der Waals surface area contributed by atoms with E-state index in [9.17, 15) is 14.4 Å². The fourth-order valence-electron chi connectivity index (χ4n) is 1.44. The summed E-state index contributed by atoms with van der Waals surface area (Å²) in [5.74, 6) is -2.63. The van der Waals surface area contributed by atoms with Crippen LogP contribution in [0.1, 0.15) is 33.1 Å². The van der Waals surface area contributed by atoms with Gasteiger partial charge in [-0.1, -0.05) is 13.3 Å². The molecule has 0 radical (unpaired) electrons. The van der Waals surface area contributed by atoms with Gasteiger partial charge in [0.25, 0.3) is 0 Å². The number of nitrogens with zero attached hydrogens (tertiary/aromatic N) is 1. The molecule has 0 saturated carbocycles. The SMILES string of the molecule is CCCC(C)N(C)C(=O)NC(CC(=O)O)C(=O)O. The number of carboxylic acids is 2. The number of nitrogens with one attached hydrogen (secondary N) is 1. The third-order valence-electron chi connectivity index (χ3n) is 2.66. The molecular weight excluding hydrogens is 240 g/mol. The summed E-state index contributed by atoms with van der Waals surface area (Å²) in [6.07, 6.45) is 1.05. The van der Waals surface area contributed by atoms with Crippen LogP contribution < -0.4 is 5.32 Å². The molecule has 104 valence electrons. The molecule has 0 aliphatic carbocycles. The molecule has 0 bridgehead atoms. The second kappa shape index (κ2) is 7.52. The normalized spacial score (nSPS) is 13.5. The van der Waals surface area contributed by atoms with E-state index < -0.39 is 30.4 Å². The molecule has 7 nitrogen and oxygen atoms in total. The van der Waals surface area contributed by atoms with Crippen molar-refractivity contribution in [2.75, 3.05) is 7.05 Å². The van der Waals surface area contributed by atoms with Gasteiger partial charge in [-0.05, 0) is 13.3 Å². The predicted molar refractivity (Wildman–Crippen MR) is 64.3 cm³/mol. The fraction of sp³-hybridized carbons (Fsp3) is 0.727. The average Bonchev–Trinajstić information content (AvgIpc) is 2.26. The number of carbonyl (C=O) groups excluding carboxylic acids is 1. The van der Waals surface area contributed by atoms with E-state index in [4.69, 9.17) is 10.2 Å². The topological polar surface area (TPSA) is 107 Å². The quantitative estimate of drug-likeness (QED) is 0.626. The van der Waals surface area contributed by atoms with Crippen LogP contribution in [0.25, 0.3) is 0 Å². The summed E-state index contributed by atoms with van der Waals surface area (Å²) in [6.45, 7) is 3.82. The van der Waals surface area contributed by atoms with Crippen molar-refractivity contribution in [3.63, 3.8) is 0 Å². The predicted octanol–water partition coefficient (Wildman–Crippen LogP) is 0.744. The maximum atomic E-state index is 11.7. The first kappa shape index (κ1) is 16.2. The van der Waals surface area contributed by atoms with Crippen LogP contribution in [0.5, 0.6) is 0 Å². The first-order valence-corrected chi connectivity index (χ1v) is 5.77. The largest absolute Gasteiger partial charge is 0.481 e. The van der Waals surface area contributed by atoms with E-state index in [-0.39, 0.29) is 6.04 Å². The first-order valence-electron chi connectivity index (χ1n) is 5.77. The Morgan fingerprint density at radius 2 is 1.83 bits per heavy atom. The molecule has 3 N–H and O–H groups in total. The Kier molecular flexibility index (Phi) is 6.77. The summed E-state index contributed by atoms with van der Waals surface area (Å²) in [4.78, 5) is 34.4. The second-order valence-corrected chi connectivity index (χ2v) is 4.19. The fourth-order valence-corrected chi connectivity index (χ4v) is 1.44. The molecule has 0 aliphatic heterocycles. The molecule has 0 aromatic heterocycles. The highest BCUT2D eigenvalue weighted by Crippen LogP contribution is 2.05. The minimum Gasteiger partial charge on any atom is -0.481 e. The van der Waals surface area contributed by atoms with Gasteiger partial charge in [0, 0.05) is 13.1 Å². The van der Waals surface area contributed by atoms with Crippen molar-refractivity contribution < 1.29 is 24.6 Å². The third-order valence-corrected chi connectivity index (χ3v) is 2.66. The standard InChI is InChI=1S/C11H20N2O5/c1-4-5-7(2)13(3)11(18)12-8(10(16)17)6-9(14)15/h7-8H,4-6H2,1-3H3,(H,12,18)(H,14,15)(H,16,17). The van der Waals surface area contributed by atoms with Gasteiger partial charge in [0.05, 0.1) is 6.42 Å². The first-order chi connectivity index (χ1) is 8.29. The number of carbonyl (C=O) groups is 3. The van der Waals surface area contributed by atoms with Gasteiger partial charge in [-0.2, -0.15) is 0 Å². The summed E-state index contributed by atoms with van der Waals surface area (Å²) >= 11 is 0. The Hall–Kier alpha value is -1.79. The number of amides is 2. The van der Waals surface area contributed by atoms with Gasteiger partial charge in [-0.25, -0.2) is 9.59 Å². The van der Waals surface area contributed by atoms with Gasteiger partial charge in [-0.3, -0.25) is 4.79 Å². The van der Waals surface area contributed by atoms with Crippen molar-refractivity contribution in [1.29, 1.82) is 0 Å². The highest BCUT2D eigenvalue weighted by molar-refractivity contribution is 5.86. The number of carboxylic acid groups (broad SMARTS) is 2. The molecule has 0 saturated heterocycles. The summed E-state index contributed by atoms with van der Waals surface area (Å²) in [6, 6.07) is -2.02. The lowest BCUT2D eigenvalue weighted by Crippen LogP contribution is -2.49. The Balaban J connectivity index is 4.49. The zero-order valence-electron chi connectivity index (χ0n) is 10.8. The Bertz CT molecular complexity index is 319. The minimum absolute atomic E-state index is 0.0331. The smallest absolute Gasteiger partial charge is 0.326 e. The lowest BCUT2D eigenvalue weighted by atomic mass is 10.2. The summed E-state index contributed by atoms with van der Waals surface area (Å²) in [5, 5.41) is 19.5. The van der Waals surface area contributed by atoms with Crippen LogP contribution in [-0.2, 0) is 9.59 Å². The number of aliphatic carboxylic acids is 2. The minimum atomic E-state index is -1.41. The van der Waals surface area contributed by atoms with E-state index in [1.54, 1.807) is 7.05 Å². The van der Waals surface area contributed by atoms with Crippen molar-refractivity contribution in [2.24, 2.45) is 0 Å². The Morgan fingerprint density at radius 1 is 1.28 bits per heavy atom. The van der Waals surface area contributed by atoms with Crippen molar-refractivity contribution >= 4 is 18.0 Å². The van der Waals surface area contributed by atoms with Gasteiger partial charge in [-0.15, -0.1) is 0 Å². The molecule has 7 heteroatoms. The van der Waals surface area contributed by atoms with Crippen LogP contribution in [-0.4, -0.2) is 52.2 Å². The van der Waals surface area contributed by atoms with Gasteiger partial charge < -0.3 is 20.4 Å². The zero-order valence-corrected chi connectivity index (χ0v) is 10.8. The van der Waals surface area contributed by atoms with Crippen molar-refractivity contribution in [2.45, 2.75) is 45.2 Å². The molecule has 2 unspecified atom stereocenters. The van der Waals surface area contributed by atoms with Crippen molar-refractivity contribution in [3.05, 3.63) is 0 Å². The lowest BCUT2D eigenvalue weighted by Gasteiger charge is -2.26. The van der Waals surface area contributed by atoms with Crippen molar-refractivity contribution in [3.8, 4) is 0 Å². The van der Waals surface area contributed by atoms with Gasteiger partial charge in [0.1, 0.15) is 6.04 Å². The highest BCUT2D eigenvalue weighted by atomic mass is 16.4. The van der Waals surface area contributed by atoms with Crippen molar-refractivity contribution in [1.82, 2.24) is 10.2 Å². The van der Waals surface area contributed by atoms with E-state index in [1.807, 2.05) is 13.8 Å². The second-order valence-electron chi connectivity index (χ2n) is 4.19. The van der Waals surface area contributed by atoms with Gasteiger partial charge in [0.15, 0.2) is 0 Å². The van der Waals surface area contributed by atoms with Gasteiger partial charge in [0.2, 0.25) is 0 Å². The number of hydrogen-bond donors (Lipinski definition) is 3. The van der Waals surface area contributed by atoms with Crippen LogP contribution in [0.2, 0.25) is 0 Å². The lowest BCUT2D eigenvalue weighted by molar-refractivity contribution is -0.145. The van der Waals surface area contributed by atoms with E-state index >= 15 is 0 Å². The zero-order chi connectivity index (χ0) is 14.3. The number of rotatable bonds is 7. The average molecular weight is 260 g/mol. The van der Waals surface area contributed by atoms with Crippen LogP contribution in [0.15, 0.2) is 0 Å². The molecule has 0 spiro atoms. The molecule has 0 heterocycles. The summed E-state index contributed by atoms with van der Waals surface area (Å²) in [5.41, 5.74) is 0. The molecule has 18 heavy (non-hydrogen) atoms. The monoisotopic (exact) mass is 260 g/mol. The Morgan fingerprint density at radius 3 is 2.22 bits per heavy atom. The summed E-state index contributed by atoms with van der Waals surface area (Å²) < 4.78 is 0. The number of hydrogen-bond acceptors (Lipinski definition) is 3. The van der Waals surface area contributed by atoms with Crippen LogP contribution >= 0.6 is 0 Å². The molecule has 2 amide bonds. The third kappa shape index (κ3) is 5.51. The molecule has 0 rings (SSSR count). The molecular formula is C11H20N2O5. The van der Waals surface area contributed by atoms with Gasteiger partial charge >= 0.3 is 18.0 Å². The highest BCUT2D eigenvalue weighted by Gasteiger charge is 2.25. The Labute approximate surface area is 106 Å².